The number of carbonyl (C=O) groups excluding carboxylic acids is 1. The SMILES string of the molecule is CC(C)(C)NC(=O)COc1cccc2c1CCCC2O. The van der Waals surface area contributed by atoms with E-state index in [4.69, 9.17) is 4.74 Å². The van der Waals surface area contributed by atoms with E-state index >= 15 is 0 Å². The van der Waals surface area contributed by atoms with Gasteiger partial charge in [0, 0.05) is 5.54 Å². The van der Waals surface area contributed by atoms with E-state index in [0.29, 0.717) is 5.75 Å². The van der Waals surface area contributed by atoms with Crippen molar-refractivity contribution in [2.45, 2.75) is 51.7 Å². The Labute approximate surface area is 120 Å². The quantitative estimate of drug-likeness (QED) is 0.891. The average Bonchev–Trinajstić information content (AvgIpc) is 2.35. The number of ether oxygens (including phenoxy) is 1. The minimum absolute atomic E-state index is 0.00379. The van der Waals surface area contributed by atoms with Crippen LogP contribution in [0.25, 0.3) is 0 Å². The zero-order valence-corrected chi connectivity index (χ0v) is 12.4. The van der Waals surface area contributed by atoms with Crippen LogP contribution in [0.2, 0.25) is 0 Å². The van der Waals surface area contributed by atoms with Crippen LogP contribution in [0, 0.1) is 0 Å². The van der Waals surface area contributed by atoms with E-state index in [1.165, 1.54) is 0 Å². The fourth-order valence-electron chi connectivity index (χ4n) is 2.52. The molecule has 110 valence electrons. The zero-order valence-electron chi connectivity index (χ0n) is 12.4. The summed E-state index contributed by atoms with van der Waals surface area (Å²) in [4.78, 5) is 11.8. The molecule has 0 aliphatic heterocycles. The van der Waals surface area contributed by atoms with Crippen molar-refractivity contribution in [3.8, 4) is 5.75 Å². The molecule has 1 amide bonds. The molecule has 2 N–H and O–H groups in total. The second-order valence-electron chi connectivity index (χ2n) is 6.32. The van der Waals surface area contributed by atoms with Gasteiger partial charge in [-0.2, -0.15) is 0 Å². The van der Waals surface area contributed by atoms with Gasteiger partial charge >= 0.3 is 0 Å². The van der Waals surface area contributed by atoms with Gasteiger partial charge in [-0.25, -0.2) is 0 Å². The summed E-state index contributed by atoms with van der Waals surface area (Å²) in [7, 11) is 0. The molecule has 0 heterocycles. The number of aliphatic hydroxyl groups excluding tert-OH is 1. The third-order valence-corrected chi connectivity index (χ3v) is 3.31. The molecule has 1 aromatic carbocycles. The summed E-state index contributed by atoms with van der Waals surface area (Å²) in [6, 6.07) is 5.66. The van der Waals surface area contributed by atoms with Gasteiger partial charge < -0.3 is 15.2 Å². The first-order valence-corrected chi connectivity index (χ1v) is 7.10. The van der Waals surface area contributed by atoms with Crippen molar-refractivity contribution in [2.75, 3.05) is 6.61 Å². The topological polar surface area (TPSA) is 58.6 Å². The first kappa shape index (κ1) is 14.9. The molecular formula is C16H23NO3. The van der Waals surface area contributed by atoms with E-state index in [0.717, 1.165) is 30.4 Å². The molecule has 20 heavy (non-hydrogen) atoms. The number of amides is 1. The zero-order chi connectivity index (χ0) is 14.8. The molecule has 1 unspecified atom stereocenters. The first-order chi connectivity index (χ1) is 9.37. The van der Waals surface area contributed by atoms with Crippen molar-refractivity contribution >= 4 is 5.91 Å². The summed E-state index contributed by atoms with van der Waals surface area (Å²) in [5, 5.41) is 12.8. The molecule has 0 saturated carbocycles. The maximum Gasteiger partial charge on any atom is 0.258 e. The molecule has 4 heteroatoms. The van der Waals surface area contributed by atoms with Crippen LogP contribution >= 0.6 is 0 Å². The Kier molecular flexibility index (Phi) is 4.33. The predicted molar refractivity (Wildman–Crippen MR) is 77.7 cm³/mol. The average molecular weight is 277 g/mol. The van der Waals surface area contributed by atoms with Crippen LogP contribution in [0.1, 0.15) is 50.8 Å². The van der Waals surface area contributed by atoms with Crippen LogP contribution in [0.5, 0.6) is 5.75 Å². The van der Waals surface area contributed by atoms with Gasteiger partial charge in [-0.15, -0.1) is 0 Å². The molecule has 2 rings (SSSR count). The molecule has 0 saturated heterocycles. The van der Waals surface area contributed by atoms with Crippen molar-refractivity contribution < 1.29 is 14.6 Å². The van der Waals surface area contributed by atoms with Gasteiger partial charge in [0.25, 0.3) is 5.91 Å². The molecule has 0 aromatic heterocycles. The number of hydrogen-bond acceptors (Lipinski definition) is 3. The van der Waals surface area contributed by atoms with Gasteiger partial charge in [-0.1, -0.05) is 12.1 Å². The molecule has 1 aliphatic rings. The number of nitrogens with one attached hydrogen (secondary N) is 1. The Bertz CT molecular complexity index is 491. The molecule has 4 nitrogen and oxygen atoms in total. The number of hydrogen-bond donors (Lipinski definition) is 2. The van der Waals surface area contributed by atoms with Gasteiger partial charge in [-0.3, -0.25) is 4.79 Å². The second kappa shape index (κ2) is 5.83. The predicted octanol–water partition coefficient (Wildman–Crippen LogP) is 2.35. The molecule has 0 bridgehead atoms. The van der Waals surface area contributed by atoms with Crippen LogP contribution < -0.4 is 10.1 Å². The standard InChI is InChI=1S/C16H23NO3/c1-16(2,3)17-15(19)10-20-14-9-5-6-11-12(14)7-4-8-13(11)18/h5-6,9,13,18H,4,7-8,10H2,1-3H3,(H,17,19). The molecule has 0 fully saturated rings. The number of rotatable bonds is 3. The fourth-order valence-corrected chi connectivity index (χ4v) is 2.52. The number of carbonyl (C=O) groups is 1. The summed E-state index contributed by atoms with van der Waals surface area (Å²) in [6.45, 7) is 5.81. The lowest BCUT2D eigenvalue weighted by Gasteiger charge is -2.24. The minimum Gasteiger partial charge on any atom is -0.483 e. The normalized spacial score (nSPS) is 18.3. The highest BCUT2D eigenvalue weighted by Gasteiger charge is 2.21. The van der Waals surface area contributed by atoms with Gasteiger partial charge in [-0.05, 0) is 57.2 Å². The summed E-state index contributed by atoms with van der Waals surface area (Å²) in [6.07, 6.45) is 2.22. The van der Waals surface area contributed by atoms with Crippen LogP contribution in [-0.4, -0.2) is 23.2 Å². The van der Waals surface area contributed by atoms with E-state index < -0.39 is 6.10 Å². The molecule has 1 atom stereocenters. The largest absolute Gasteiger partial charge is 0.483 e. The molecular weight excluding hydrogens is 254 g/mol. The van der Waals surface area contributed by atoms with E-state index in [-0.39, 0.29) is 18.1 Å². The lowest BCUT2D eigenvalue weighted by molar-refractivity contribution is -0.124. The van der Waals surface area contributed by atoms with Gasteiger partial charge in [0.2, 0.25) is 0 Å². The fraction of sp³-hybridized carbons (Fsp3) is 0.562. The third kappa shape index (κ3) is 3.73. The van der Waals surface area contributed by atoms with Crippen molar-refractivity contribution in [3.63, 3.8) is 0 Å². The molecule has 1 aliphatic carbocycles. The van der Waals surface area contributed by atoms with Crippen LogP contribution in [-0.2, 0) is 11.2 Å². The lowest BCUT2D eigenvalue weighted by Crippen LogP contribution is -2.43. The van der Waals surface area contributed by atoms with E-state index in [9.17, 15) is 9.90 Å². The monoisotopic (exact) mass is 277 g/mol. The third-order valence-electron chi connectivity index (χ3n) is 3.31. The van der Waals surface area contributed by atoms with E-state index in [2.05, 4.69) is 5.32 Å². The number of aliphatic hydroxyl groups is 1. The highest BCUT2D eigenvalue weighted by Crippen LogP contribution is 2.35. The van der Waals surface area contributed by atoms with Crippen molar-refractivity contribution in [1.82, 2.24) is 5.32 Å². The molecule has 0 spiro atoms. The van der Waals surface area contributed by atoms with E-state index in [1.807, 2.05) is 39.0 Å². The van der Waals surface area contributed by atoms with Crippen LogP contribution in [0.4, 0.5) is 0 Å². The lowest BCUT2D eigenvalue weighted by atomic mass is 9.89. The van der Waals surface area contributed by atoms with Gasteiger partial charge in [0.05, 0.1) is 6.10 Å². The number of benzene rings is 1. The Balaban J connectivity index is 2.04. The summed E-state index contributed by atoms with van der Waals surface area (Å²) >= 11 is 0. The Morgan fingerprint density at radius 1 is 1.45 bits per heavy atom. The van der Waals surface area contributed by atoms with Crippen molar-refractivity contribution in [1.29, 1.82) is 0 Å². The van der Waals surface area contributed by atoms with Crippen molar-refractivity contribution in [3.05, 3.63) is 29.3 Å². The van der Waals surface area contributed by atoms with E-state index in [1.54, 1.807) is 0 Å². The first-order valence-electron chi connectivity index (χ1n) is 7.10. The van der Waals surface area contributed by atoms with Crippen LogP contribution in [0.15, 0.2) is 18.2 Å². The molecule has 1 aromatic rings. The smallest absolute Gasteiger partial charge is 0.258 e. The Morgan fingerprint density at radius 3 is 2.90 bits per heavy atom. The van der Waals surface area contributed by atoms with Crippen molar-refractivity contribution in [2.24, 2.45) is 0 Å². The highest BCUT2D eigenvalue weighted by molar-refractivity contribution is 5.78. The maximum absolute atomic E-state index is 11.8. The maximum atomic E-state index is 11.8. The summed E-state index contributed by atoms with van der Waals surface area (Å²) < 4.78 is 5.64. The van der Waals surface area contributed by atoms with Crippen LogP contribution in [0.3, 0.4) is 0 Å². The van der Waals surface area contributed by atoms with Gasteiger partial charge in [0.1, 0.15) is 5.75 Å². The van der Waals surface area contributed by atoms with Gasteiger partial charge in [0.15, 0.2) is 6.61 Å². The Morgan fingerprint density at radius 2 is 2.20 bits per heavy atom. The molecule has 0 radical (unpaired) electrons. The minimum atomic E-state index is -0.411. The number of fused-ring (bicyclic) bond motifs is 1. The Hall–Kier alpha value is -1.55. The summed E-state index contributed by atoms with van der Waals surface area (Å²) in [5.41, 5.74) is 1.71. The summed E-state index contributed by atoms with van der Waals surface area (Å²) in [5.74, 6) is 0.580. The highest BCUT2D eigenvalue weighted by atomic mass is 16.5. The second-order valence-corrected chi connectivity index (χ2v) is 6.32.